The number of pyridine rings is 1. The Bertz CT molecular complexity index is 1360. The second-order valence-electron chi connectivity index (χ2n) is 10.9. The summed E-state index contributed by atoms with van der Waals surface area (Å²) in [5, 5.41) is 12.4. The van der Waals surface area contributed by atoms with Crippen LogP contribution in [0, 0.1) is 0 Å². The fourth-order valence-electron chi connectivity index (χ4n) is 6.20. The number of aliphatic hydroxyl groups is 1. The zero-order chi connectivity index (χ0) is 26.6. The van der Waals surface area contributed by atoms with Crippen molar-refractivity contribution in [3.63, 3.8) is 0 Å². The van der Waals surface area contributed by atoms with Crippen LogP contribution in [0.15, 0.2) is 41.0 Å². The first kappa shape index (κ1) is 26.5. The molecule has 1 aromatic carbocycles. The zero-order valence-electron chi connectivity index (χ0n) is 22.9. The topological polar surface area (TPSA) is 101 Å². The van der Waals surface area contributed by atoms with E-state index in [1.165, 1.54) is 37.8 Å². The molecule has 0 saturated heterocycles. The first-order valence-electron chi connectivity index (χ1n) is 14.4. The fourth-order valence-corrected chi connectivity index (χ4v) is 6.20. The molecule has 0 radical (unpaired) electrons. The Balaban J connectivity index is 1.50. The number of benzene rings is 1. The predicted molar refractivity (Wildman–Crippen MR) is 156 cm³/mol. The average molecular weight is 519 g/mol. The molecule has 1 saturated carbocycles. The van der Waals surface area contributed by atoms with Crippen molar-refractivity contribution in [1.29, 1.82) is 0 Å². The zero-order valence-corrected chi connectivity index (χ0v) is 22.9. The Hall–Kier alpha value is -3.13. The molecule has 5 rings (SSSR count). The van der Waals surface area contributed by atoms with Gasteiger partial charge in [-0.25, -0.2) is 4.98 Å². The lowest BCUT2D eigenvalue weighted by atomic mass is 9.92. The normalized spacial score (nSPS) is 21.1. The van der Waals surface area contributed by atoms with Gasteiger partial charge in [0.25, 0.3) is 5.56 Å². The lowest BCUT2D eigenvalue weighted by Crippen LogP contribution is -2.35. The number of nitrogen functional groups attached to an aromatic ring is 1. The van der Waals surface area contributed by atoms with Gasteiger partial charge in [-0.05, 0) is 76.3 Å². The highest BCUT2D eigenvalue weighted by Crippen LogP contribution is 2.32. The van der Waals surface area contributed by atoms with Gasteiger partial charge in [-0.1, -0.05) is 25.0 Å². The Morgan fingerprint density at radius 1 is 1.08 bits per heavy atom. The lowest BCUT2D eigenvalue weighted by Gasteiger charge is -2.31. The van der Waals surface area contributed by atoms with E-state index in [4.69, 9.17) is 5.73 Å². The maximum atomic E-state index is 14.0. The molecular weight excluding hydrogens is 476 g/mol. The van der Waals surface area contributed by atoms with Gasteiger partial charge in [-0.15, -0.1) is 0 Å². The van der Waals surface area contributed by atoms with Crippen LogP contribution in [0.3, 0.4) is 0 Å². The molecule has 8 nitrogen and oxygen atoms in total. The van der Waals surface area contributed by atoms with Gasteiger partial charge in [0.2, 0.25) is 5.95 Å². The minimum Gasteiger partial charge on any atom is -0.393 e. The van der Waals surface area contributed by atoms with Gasteiger partial charge in [0.1, 0.15) is 5.65 Å². The second-order valence-corrected chi connectivity index (χ2v) is 10.9. The van der Waals surface area contributed by atoms with E-state index < -0.39 is 0 Å². The minimum absolute atomic E-state index is 0.0102. The van der Waals surface area contributed by atoms with E-state index in [1.54, 1.807) is 6.20 Å². The molecule has 2 aromatic heterocycles. The summed E-state index contributed by atoms with van der Waals surface area (Å²) in [5.41, 5.74) is 8.95. The molecule has 8 heteroatoms. The van der Waals surface area contributed by atoms with Crippen LogP contribution in [-0.4, -0.2) is 56.8 Å². The molecule has 38 heavy (non-hydrogen) atoms. The van der Waals surface area contributed by atoms with Crippen LogP contribution in [0.5, 0.6) is 0 Å². The van der Waals surface area contributed by atoms with Crippen LogP contribution in [0.25, 0.3) is 21.8 Å². The number of hydrogen-bond acceptors (Lipinski definition) is 7. The van der Waals surface area contributed by atoms with Gasteiger partial charge < -0.3 is 20.6 Å². The first-order valence-corrected chi connectivity index (χ1v) is 14.4. The number of fused-ring (bicyclic) bond motifs is 3. The number of hydrogen-bond donors (Lipinski definition) is 2. The van der Waals surface area contributed by atoms with E-state index in [2.05, 4.69) is 45.8 Å². The summed E-state index contributed by atoms with van der Waals surface area (Å²) >= 11 is 0. The molecule has 0 amide bonds. The molecule has 1 aliphatic heterocycles. The van der Waals surface area contributed by atoms with Gasteiger partial charge in [0.15, 0.2) is 0 Å². The number of likely N-dealkylation sites (N-methyl/N-ethyl adjacent to an activating group) is 1. The molecule has 3 N–H and O–H groups in total. The summed E-state index contributed by atoms with van der Waals surface area (Å²) in [6, 6.07) is 6.19. The van der Waals surface area contributed by atoms with E-state index >= 15 is 0 Å². The van der Waals surface area contributed by atoms with Crippen molar-refractivity contribution in [2.24, 2.45) is 0 Å². The molecule has 204 valence electrons. The summed E-state index contributed by atoms with van der Waals surface area (Å²) in [4.78, 5) is 27.7. The Labute approximate surface area is 225 Å². The standard InChI is InChI=1S/C30H42N6O2/c1-3-34(17-18-35-16-8-6-4-5-7-9-21(35)2)23-12-15-25-26(19-23)29(38)36(22-10-13-24(37)14-11-22)28-27(25)20-32-30(31)33-28/h9,12,15,19-20,22,24,37H,3-8,10-11,13-14,16-18H2,1-2H3,(H2,31,32,33). The van der Waals surface area contributed by atoms with Crippen molar-refractivity contribution in [3.8, 4) is 0 Å². The van der Waals surface area contributed by atoms with Crippen molar-refractivity contribution in [2.45, 2.75) is 83.8 Å². The van der Waals surface area contributed by atoms with Gasteiger partial charge in [0, 0.05) is 55.2 Å². The highest BCUT2D eigenvalue weighted by Gasteiger charge is 2.25. The number of rotatable bonds is 6. The smallest absolute Gasteiger partial charge is 0.260 e. The number of aliphatic hydroxyl groups excluding tert-OH is 1. The lowest BCUT2D eigenvalue weighted by molar-refractivity contribution is 0.111. The fraction of sp³-hybridized carbons (Fsp3) is 0.567. The Morgan fingerprint density at radius 3 is 2.66 bits per heavy atom. The SMILES string of the molecule is CCN(CCN1CCCCCCC=C1C)c1ccc2c(c1)c(=O)n(C1CCC(O)CC1)c1nc(N)ncc21. The van der Waals surface area contributed by atoms with E-state index in [-0.39, 0.29) is 23.7 Å². The number of anilines is 2. The number of nitrogens with two attached hydrogens (primary N) is 1. The molecule has 0 atom stereocenters. The quantitative estimate of drug-likeness (QED) is 0.443. The van der Waals surface area contributed by atoms with Gasteiger partial charge >= 0.3 is 0 Å². The molecule has 2 aliphatic rings. The number of nitrogens with zero attached hydrogens (tertiary/aromatic N) is 5. The molecule has 1 fully saturated rings. The van der Waals surface area contributed by atoms with Crippen LogP contribution in [0.2, 0.25) is 0 Å². The summed E-state index contributed by atoms with van der Waals surface area (Å²) in [6.45, 7) is 8.25. The van der Waals surface area contributed by atoms with Crippen LogP contribution < -0.4 is 16.2 Å². The average Bonchev–Trinajstić information content (AvgIpc) is 3.02. The van der Waals surface area contributed by atoms with E-state index in [0.29, 0.717) is 23.9 Å². The second kappa shape index (κ2) is 11.7. The summed E-state index contributed by atoms with van der Waals surface area (Å²) in [5.74, 6) is 0.166. The third kappa shape index (κ3) is 5.51. The molecule has 1 aliphatic carbocycles. The highest BCUT2D eigenvalue weighted by atomic mass is 16.3. The third-order valence-electron chi connectivity index (χ3n) is 8.50. The van der Waals surface area contributed by atoms with Gasteiger partial charge in [-0.3, -0.25) is 9.36 Å². The van der Waals surface area contributed by atoms with Gasteiger partial charge in [0.05, 0.1) is 11.5 Å². The number of aromatic nitrogens is 3. The third-order valence-corrected chi connectivity index (χ3v) is 8.50. The first-order chi connectivity index (χ1) is 18.5. The van der Waals surface area contributed by atoms with Crippen molar-refractivity contribution in [1.82, 2.24) is 19.4 Å². The number of allylic oxidation sites excluding steroid dienone is 2. The summed E-state index contributed by atoms with van der Waals surface area (Å²) in [7, 11) is 0. The Morgan fingerprint density at radius 2 is 1.87 bits per heavy atom. The van der Waals surface area contributed by atoms with Crippen LogP contribution >= 0.6 is 0 Å². The van der Waals surface area contributed by atoms with Crippen LogP contribution in [0.4, 0.5) is 11.6 Å². The summed E-state index contributed by atoms with van der Waals surface area (Å²) < 4.78 is 1.82. The molecule has 0 spiro atoms. The maximum Gasteiger partial charge on any atom is 0.260 e. The van der Waals surface area contributed by atoms with Crippen LogP contribution in [-0.2, 0) is 0 Å². The molecule has 3 aromatic rings. The van der Waals surface area contributed by atoms with Gasteiger partial charge in [-0.2, -0.15) is 4.98 Å². The van der Waals surface area contributed by atoms with Crippen molar-refractivity contribution in [2.75, 3.05) is 36.8 Å². The molecule has 0 unspecified atom stereocenters. The largest absolute Gasteiger partial charge is 0.393 e. The minimum atomic E-state index is -0.297. The van der Waals surface area contributed by atoms with Crippen molar-refractivity contribution in [3.05, 3.63) is 46.5 Å². The molecule has 0 bridgehead atoms. The van der Waals surface area contributed by atoms with Crippen molar-refractivity contribution < 1.29 is 5.11 Å². The molecule has 3 heterocycles. The van der Waals surface area contributed by atoms with Crippen LogP contribution in [0.1, 0.15) is 77.7 Å². The van der Waals surface area contributed by atoms with Crippen molar-refractivity contribution >= 4 is 33.4 Å². The van der Waals surface area contributed by atoms with E-state index in [9.17, 15) is 9.90 Å². The van der Waals surface area contributed by atoms with E-state index in [0.717, 1.165) is 55.5 Å². The molecular formula is C30H42N6O2. The summed E-state index contributed by atoms with van der Waals surface area (Å²) in [6.07, 6.45) is 13.0. The predicted octanol–water partition coefficient (Wildman–Crippen LogP) is 5.00. The maximum absolute atomic E-state index is 14.0. The van der Waals surface area contributed by atoms with E-state index in [1.807, 2.05) is 16.7 Å². The monoisotopic (exact) mass is 518 g/mol. The Kier molecular flexibility index (Phi) is 8.17. The highest BCUT2D eigenvalue weighted by molar-refractivity contribution is 6.05.